The van der Waals surface area contributed by atoms with Gasteiger partial charge in [-0.15, -0.1) is 0 Å². The number of rotatable bonds is 16. The molecule has 4 aromatic carbocycles. The second-order valence-corrected chi connectivity index (χ2v) is 15.3. The minimum atomic E-state index is -4.30. The molecule has 0 fully saturated rings. The number of hydrogen-bond acceptors (Lipinski definition) is 10. The minimum absolute atomic E-state index is 0.0471. The predicted octanol–water partition coefficient (Wildman–Crippen LogP) is 5.70. The maximum absolute atomic E-state index is 13.9. The number of nitrogens with one attached hydrogen (secondary N) is 1. The van der Waals surface area contributed by atoms with Crippen molar-refractivity contribution in [1.82, 2.24) is 9.73 Å². The van der Waals surface area contributed by atoms with Crippen molar-refractivity contribution in [3.63, 3.8) is 0 Å². The van der Waals surface area contributed by atoms with E-state index in [9.17, 15) is 21.6 Å². The molecule has 5 rings (SSSR count). The summed E-state index contributed by atoms with van der Waals surface area (Å²) in [6, 6.07) is 28.3. The number of anilines is 1. The van der Waals surface area contributed by atoms with Crippen molar-refractivity contribution in [2.75, 3.05) is 32.2 Å². The summed E-state index contributed by atoms with van der Waals surface area (Å²) in [4.78, 5) is 13.1. The number of furan rings is 1. The molecule has 0 saturated carbocycles. The molecule has 0 radical (unpaired) electrons. The van der Waals surface area contributed by atoms with Crippen LogP contribution in [-0.2, 0) is 37.9 Å². The Hall–Kier alpha value is -5.35. The molecule has 0 saturated heterocycles. The molecule has 1 heterocycles. The lowest BCUT2D eigenvalue weighted by atomic mass is 10.2. The lowest BCUT2D eigenvalue weighted by molar-refractivity contribution is -0.119. The van der Waals surface area contributed by atoms with Crippen LogP contribution in [0.3, 0.4) is 0 Å². The van der Waals surface area contributed by atoms with Gasteiger partial charge in [0, 0.05) is 17.6 Å². The van der Waals surface area contributed by atoms with Gasteiger partial charge in [0.25, 0.3) is 15.9 Å². The Kier molecular flexibility index (Phi) is 12.2. The van der Waals surface area contributed by atoms with Crippen molar-refractivity contribution in [2.24, 2.45) is 5.10 Å². The number of sulfonamides is 2. The molecule has 0 aliphatic rings. The monoisotopic (exact) mass is 766 g/mol. The van der Waals surface area contributed by atoms with Crippen LogP contribution < -0.4 is 23.9 Å². The maximum Gasteiger partial charge on any atom is 0.264 e. The summed E-state index contributed by atoms with van der Waals surface area (Å²) in [5, 5.41) is 4.47. The highest BCUT2D eigenvalue weighted by molar-refractivity contribution is 7.92. The quantitative estimate of drug-likeness (QED) is 0.0984. The van der Waals surface area contributed by atoms with Crippen molar-refractivity contribution >= 4 is 49.5 Å². The van der Waals surface area contributed by atoms with E-state index in [1.165, 1.54) is 74.3 Å². The van der Waals surface area contributed by atoms with Crippen molar-refractivity contribution in [1.29, 1.82) is 0 Å². The van der Waals surface area contributed by atoms with E-state index >= 15 is 0 Å². The highest BCUT2D eigenvalue weighted by Gasteiger charge is 2.29. The van der Waals surface area contributed by atoms with Crippen LogP contribution in [0, 0.1) is 0 Å². The summed E-state index contributed by atoms with van der Waals surface area (Å²) < 4.78 is 78.8. The van der Waals surface area contributed by atoms with Crippen LogP contribution in [0.5, 0.6) is 17.2 Å². The largest absolute Gasteiger partial charge is 0.497 e. The van der Waals surface area contributed by atoms with E-state index in [4.69, 9.17) is 30.2 Å². The topological polar surface area (TPSA) is 157 Å². The average molecular weight is 767 g/mol. The van der Waals surface area contributed by atoms with Crippen molar-refractivity contribution in [3.05, 3.63) is 131 Å². The van der Waals surface area contributed by atoms with Gasteiger partial charge in [0.15, 0.2) is 11.5 Å². The average Bonchev–Trinajstić information content (AvgIpc) is 3.61. The number of halogens is 1. The molecular weight excluding hydrogens is 732 g/mol. The Bertz CT molecular complexity index is 2230. The van der Waals surface area contributed by atoms with Gasteiger partial charge < -0.3 is 18.6 Å². The molecule has 0 spiro atoms. The summed E-state index contributed by atoms with van der Waals surface area (Å²) in [6.07, 6.45) is 1.22. The second-order valence-electron chi connectivity index (χ2n) is 11.0. The third kappa shape index (κ3) is 9.11. The predicted molar refractivity (Wildman–Crippen MR) is 196 cm³/mol. The molecule has 1 amide bonds. The van der Waals surface area contributed by atoms with Gasteiger partial charge in [-0.2, -0.15) is 9.41 Å². The molecule has 1 aromatic heterocycles. The van der Waals surface area contributed by atoms with E-state index in [0.29, 0.717) is 22.3 Å². The summed E-state index contributed by atoms with van der Waals surface area (Å²) in [6.45, 7) is -0.697. The highest BCUT2D eigenvalue weighted by Crippen LogP contribution is 2.32. The number of carbonyl (C=O) groups is 1. The van der Waals surface area contributed by atoms with Crippen molar-refractivity contribution in [2.45, 2.75) is 22.9 Å². The lowest BCUT2D eigenvalue weighted by Gasteiger charge is -2.24. The van der Waals surface area contributed by atoms with Crippen LogP contribution in [0.25, 0.3) is 0 Å². The standard InChI is InChI=1S/C36H35ClN4O9S2/c1-47-29-15-13-28(14-16-29)41(52(45,46)33-19-20-34(48-2)35(21-33)49-3)25-36(42)39-38-22-30-17-18-31(50-30)24-40(23-26-9-11-27(37)12-10-26)51(43,44)32-7-5-4-6-8-32/h4-22H,23-25H2,1-3H3,(H,39,42)/b38-22-. The van der Waals surface area contributed by atoms with Crippen LogP contribution >= 0.6 is 11.6 Å². The number of nitrogens with zero attached hydrogens (tertiary/aromatic N) is 3. The van der Waals surface area contributed by atoms with Crippen LogP contribution in [0.4, 0.5) is 5.69 Å². The third-order valence-corrected chi connectivity index (χ3v) is 11.5. The molecule has 272 valence electrons. The van der Waals surface area contributed by atoms with E-state index < -0.39 is 32.5 Å². The van der Waals surface area contributed by atoms with E-state index in [1.54, 1.807) is 66.7 Å². The van der Waals surface area contributed by atoms with Crippen molar-refractivity contribution < 1.29 is 40.3 Å². The summed E-state index contributed by atoms with van der Waals surface area (Å²) in [5.74, 6) is 0.779. The van der Waals surface area contributed by atoms with Crippen molar-refractivity contribution in [3.8, 4) is 17.2 Å². The fourth-order valence-corrected chi connectivity index (χ4v) is 7.96. The summed E-state index contributed by atoms with van der Waals surface area (Å²) in [7, 11) is -3.95. The van der Waals surface area contributed by atoms with Crippen LogP contribution in [0.1, 0.15) is 17.1 Å². The van der Waals surface area contributed by atoms with Gasteiger partial charge in [0.2, 0.25) is 10.0 Å². The first-order valence-corrected chi connectivity index (χ1v) is 18.8. The summed E-state index contributed by atoms with van der Waals surface area (Å²) >= 11 is 6.03. The van der Waals surface area contributed by atoms with Gasteiger partial charge in [-0.3, -0.25) is 9.10 Å². The summed E-state index contributed by atoms with van der Waals surface area (Å²) in [5.41, 5.74) is 3.24. The maximum atomic E-state index is 13.9. The van der Waals surface area contributed by atoms with Gasteiger partial charge in [-0.05, 0) is 78.4 Å². The fraction of sp³-hybridized carbons (Fsp3) is 0.167. The van der Waals surface area contributed by atoms with E-state index in [-0.39, 0.29) is 40.1 Å². The van der Waals surface area contributed by atoms with E-state index in [1.807, 2.05) is 0 Å². The number of hydrazone groups is 1. The number of amides is 1. The van der Waals surface area contributed by atoms with Crippen LogP contribution in [0.2, 0.25) is 5.02 Å². The van der Waals surface area contributed by atoms with Crippen LogP contribution in [-0.4, -0.2) is 61.1 Å². The van der Waals surface area contributed by atoms with Gasteiger partial charge in [-0.25, -0.2) is 22.3 Å². The smallest absolute Gasteiger partial charge is 0.264 e. The molecule has 16 heteroatoms. The second kappa shape index (κ2) is 16.8. The SMILES string of the molecule is COc1ccc(N(CC(=O)N/N=C\c2ccc(CN(Cc3ccc(Cl)cc3)S(=O)(=O)c3ccccc3)o2)S(=O)(=O)c2ccc(OC)c(OC)c2)cc1. The molecule has 1 N–H and O–H groups in total. The Morgan fingerprint density at radius 2 is 1.46 bits per heavy atom. The highest BCUT2D eigenvalue weighted by atomic mass is 35.5. The molecule has 0 unspecified atom stereocenters. The van der Waals surface area contributed by atoms with Crippen LogP contribution in [0.15, 0.2) is 129 Å². The molecule has 52 heavy (non-hydrogen) atoms. The fourth-order valence-electron chi connectivity index (χ4n) is 4.98. The zero-order chi connectivity index (χ0) is 37.3. The zero-order valence-electron chi connectivity index (χ0n) is 28.3. The molecule has 5 aromatic rings. The number of benzene rings is 4. The third-order valence-electron chi connectivity index (χ3n) is 7.64. The minimum Gasteiger partial charge on any atom is -0.497 e. The first-order valence-electron chi connectivity index (χ1n) is 15.5. The molecule has 0 aliphatic heterocycles. The lowest BCUT2D eigenvalue weighted by Crippen LogP contribution is -2.39. The van der Waals surface area contributed by atoms with E-state index in [0.717, 1.165) is 9.87 Å². The Balaban J connectivity index is 1.32. The molecule has 0 aliphatic carbocycles. The van der Waals surface area contributed by atoms with Gasteiger partial charge in [-0.1, -0.05) is 41.9 Å². The first kappa shape index (κ1) is 37.9. The Morgan fingerprint density at radius 3 is 2.12 bits per heavy atom. The Morgan fingerprint density at radius 1 is 0.769 bits per heavy atom. The normalized spacial score (nSPS) is 11.8. The molecule has 0 atom stereocenters. The number of carbonyl (C=O) groups excluding carboxylic acids is 1. The van der Waals surface area contributed by atoms with E-state index in [2.05, 4.69) is 10.5 Å². The number of methoxy groups -OCH3 is 3. The number of hydrogen-bond donors (Lipinski definition) is 1. The number of ether oxygens (including phenoxy) is 3. The molecular formula is C36H35ClN4O9S2. The van der Waals surface area contributed by atoms with Gasteiger partial charge >= 0.3 is 0 Å². The van der Waals surface area contributed by atoms with Gasteiger partial charge in [0.05, 0.1) is 49.6 Å². The zero-order valence-corrected chi connectivity index (χ0v) is 30.7. The Labute approximate surface area is 307 Å². The van der Waals surface area contributed by atoms with Gasteiger partial charge in [0.1, 0.15) is 23.8 Å². The molecule has 0 bridgehead atoms. The first-order chi connectivity index (χ1) is 24.9. The molecule has 13 nitrogen and oxygen atoms in total.